The third-order valence-electron chi connectivity index (χ3n) is 6.65. The molecule has 1 aliphatic rings. The Bertz CT molecular complexity index is 1750. The molecule has 13 heteroatoms. The molecule has 7 nitrogen and oxygen atoms in total. The summed E-state index contributed by atoms with van der Waals surface area (Å²) >= 11 is 6.33. The number of hydrogen-bond donors (Lipinski definition) is 3. The zero-order chi connectivity index (χ0) is 30.3. The molecule has 0 radical (unpaired) electrons. The van der Waals surface area contributed by atoms with Crippen molar-refractivity contribution in [3.63, 3.8) is 0 Å². The van der Waals surface area contributed by atoms with Gasteiger partial charge in [-0.2, -0.15) is 13.2 Å². The highest BCUT2D eigenvalue weighted by molar-refractivity contribution is 6.31. The van der Waals surface area contributed by atoms with Crippen LogP contribution in [0.1, 0.15) is 49.3 Å². The number of hydrogen-bond acceptors (Lipinski definition) is 3. The average Bonchev–Trinajstić information content (AvgIpc) is 3.28. The second-order valence-corrected chi connectivity index (χ2v) is 9.94. The molecule has 3 N–H and O–H groups in total. The van der Waals surface area contributed by atoms with E-state index in [0.717, 1.165) is 17.7 Å². The number of carbonyl (C=O) groups excluding carboxylic acids is 3. The van der Waals surface area contributed by atoms with E-state index in [4.69, 9.17) is 11.6 Å². The maximum absolute atomic E-state index is 14.3. The molecule has 0 saturated heterocycles. The summed E-state index contributed by atoms with van der Waals surface area (Å²) in [5.74, 6) is -4.33. The minimum Gasteiger partial charge on any atom is -0.342 e. The molecule has 0 bridgehead atoms. The second-order valence-electron chi connectivity index (χ2n) is 9.53. The van der Waals surface area contributed by atoms with E-state index >= 15 is 0 Å². The van der Waals surface area contributed by atoms with Gasteiger partial charge in [-0.3, -0.25) is 14.4 Å². The minimum atomic E-state index is -4.92. The van der Waals surface area contributed by atoms with Crippen molar-refractivity contribution in [1.29, 1.82) is 0 Å². The predicted octanol–water partition coefficient (Wildman–Crippen LogP) is 6.47. The van der Waals surface area contributed by atoms with Gasteiger partial charge in [-0.25, -0.2) is 8.78 Å². The molecule has 3 aromatic carbocycles. The van der Waals surface area contributed by atoms with Crippen molar-refractivity contribution >= 4 is 40.7 Å². The molecule has 0 fully saturated rings. The number of anilines is 2. The van der Waals surface area contributed by atoms with Crippen LogP contribution in [-0.2, 0) is 17.5 Å². The number of nitrogens with one attached hydrogen (secondary N) is 3. The summed E-state index contributed by atoms with van der Waals surface area (Å²) in [6.07, 6.45) is -4.92. The molecule has 42 heavy (non-hydrogen) atoms. The number of para-hydroxylation sites is 1. The topological polar surface area (TPSA) is 92.2 Å². The Morgan fingerprint density at radius 2 is 1.64 bits per heavy atom. The molecule has 4 aromatic rings. The van der Waals surface area contributed by atoms with Gasteiger partial charge in [0.2, 0.25) is 5.91 Å². The second kappa shape index (κ2) is 10.9. The molecular formula is C29H20ClF5N4O3. The largest absolute Gasteiger partial charge is 0.416 e. The summed E-state index contributed by atoms with van der Waals surface area (Å²) in [4.78, 5) is 39.4. The van der Waals surface area contributed by atoms with Gasteiger partial charge in [-0.05, 0) is 61.0 Å². The van der Waals surface area contributed by atoms with Gasteiger partial charge in [0.1, 0.15) is 23.9 Å². The van der Waals surface area contributed by atoms with Crippen LogP contribution in [0, 0.1) is 18.6 Å². The van der Waals surface area contributed by atoms with E-state index in [9.17, 15) is 36.3 Å². The van der Waals surface area contributed by atoms with Crippen LogP contribution in [0.15, 0.2) is 66.7 Å². The first-order valence-corrected chi connectivity index (χ1v) is 12.7. The Balaban J connectivity index is 1.63. The van der Waals surface area contributed by atoms with E-state index < -0.39 is 52.7 Å². The zero-order valence-electron chi connectivity index (χ0n) is 21.6. The van der Waals surface area contributed by atoms with Crippen molar-refractivity contribution in [2.45, 2.75) is 25.7 Å². The van der Waals surface area contributed by atoms with Gasteiger partial charge in [0.15, 0.2) is 0 Å². The van der Waals surface area contributed by atoms with E-state index in [2.05, 4.69) is 16.0 Å². The van der Waals surface area contributed by atoms with E-state index in [-0.39, 0.29) is 40.3 Å². The highest BCUT2D eigenvalue weighted by Gasteiger charge is 2.36. The number of carbonyl (C=O) groups is 3. The normalized spacial score (nSPS) is 14.6. The van der Waals surface area contributed by atoms with Gasteiger partial charge >= 0.3 is 6.18 Å². The number of alkyl halides is 3. The van der Waals surface area contributed by atoms with Crippen molar-refractivity contribution in [2.75, 3.05) is 10.6 Å². The highest BCUT2D eigenvalue weighted by Crippen LogP contribution is 2.38. The number of nitrogens with zero attached hydrogens (tertiary/aromatic N) is 1. The van der Waals surface area contributed by atoms with Crippen molar-refractivity contribution in [2.24, 2.45) is 0 Å². The number of benzene rings is 3. The Hall–Kier alpha value is -4.71. The molecule has 0 saturated carbocycles. The molecule has 216 valence electrons. The van der Waals surface area contributed by atoms with Crippen LogP contribution in [0.3, 0.4) is 0 Å². The quantitative estimate of drug-likeness (QED) is 0.229. The fourth-order valence-corrected chi connectivity index (χ4v) is 4.92. The first-order chi connectivity index (χ1) is 19.8. The van der Waals surface area contributed by atoms with Crippen LogP contribution < -0.4 is 16.0 Å². The van der Waals surface area contributed by atoms with Crippen molar-refractivity contribution in [1.82, 2.24) is 9.88 Å². The highest BCUT2D eigenvalue weighted by atomic mass is 35.5. The van der Waals surface area contributed by atoms with Crippen LogP contribution in [0.2, 0.25) is 5.02 Å². The number of aryl methyl sites for hydroxylation is 1. The summed E-state index contributed by atoms with van der Waals surface area (Å²) in [5, 5.41) is 7.87. The van der Waals surface area contributed by atoms with Crippen LogP contribution >= 0.6 is 11.6 Å². The monoisotopic (exact) mass is 602 g/mol. The zero-order valence-corrected chi connectivity index (χ0v) is 22.3. The van der Waals surface area contributed by atoms with Gasteiger partial charge < -0.3 is 20.5 Å². The lowest BCUT2D eigenvalue weighted by Gasteiger charge is -2.29. The lowest BCUT2D eigenvalue weighted by atomic mass is 10.0. The number of aromatic nitrogens is 1. The van der Waals surface area contributed by atoms with Gasteiger partial charge in [0, 0.05) is 21.8 Å². The molecule has 2 heterocycles. The van der Waals surface area contributed by atoms with E-state index in [0.29, 0.717) is 17.8 Å². The van der Waals surface area contributed by atoms with E-state index in [1.165, 1.54) is 16.7 Å². The van der Waals surface area contributed by atoms with E-state index in [1.54, 1.807) is 31.2 Å². The van der Waals surface area contributed by atoms with Crippen LogP contribution in [-0.4, -0.2) is 22.3 Å². The van der Waals surface area contributed by atoms with E-state index in [1.807, 2.05) is 0 Å². The predicted molar refractivity (Wildman–Crippen MR) is 144 cm³/mol. The van der Waals surface area contributed by atoms with Gasteiger partial charge in [-0.15, -0.1) is 0 Å². The Morgan fingerprint density at radius 1 is 0.929 bits per heavy atom. The Labute approximate surface area is 240 Å². The maximum Gasteiger partial charge on any atom is 0.416 e. The van der Waals surface area contributed by atoms with Crippen molar-refractivity contribution < 1.29 is 36.3 Å². The maximum atomic E-state index is 14.3. The molecule has 5 rings (SSSR count). The van der Waals surface area contributed by atoms with Gasteiger partial charge in [-0.1, -0.05) is 29.8 Å². The summed E-state index contributed by atoms with van der Waals surface area (Å²) in [6.45, 7) is 1.38. The molecule has 3 amide bonds. The summed E-state index contributed by atoms with van der Waals surface area (Å²) in [6, 6.07) is 11.7. The SMILES string of the molecule is Cc1ccccc1NC(=O)c1cc(NC(=O)c2cc(F)cc(C(F)(F)F)c2)c2n1CC(=O)NC2c1cc(F)ccc1Cl. The summed E-state index contributed by atoms with van der Waals surface area (Å²) in [7, 11) is 0. The Kier molecular flexibility index (Phi) is 7.50. The van der Waals surface area contributed by atoms with Crippen LogP contribution in [0.4, 0.5) is 33.3 Å². The molecule has 0 spiro atoms. The number of halogens is 6. The minimum absolute atomic E-state index is 0.0551. The molecule has 1 aliphatic heterocycles. The summed E-state index contributed by atoms with van der Waals surface area (Å²) < 4.78 is 69.4. The van der Waals surface area contributed by atoms with Crippen LogP contribution in [0.5, 0.6) is 0 Å². The third kappa shape index (κ3) is 5.70. The van der Waals surface area contributed by atoms with Crippen molar-refractivity contribution in [3.8, 4) is 0 Å². The standard InChI is InChI=1S/C29H20ClF5N4O3/c1-14-4-2-3-5-21(14)36-28(42)23-12-22(37-27(41)15-8-16(29(33,34)35)10-18(32)9-15)26-25(38-24(40)13-39(23)26)19-11-17(31)6-7-20(19)30/h2-12,25H,13H2,1H3,(H,36,42)(H,37,41)(H,38,40). The lowest BCUT2D eigenvalue weighted by Crippen LogP contribution is -2.40. The molecular weight excluding hydrogens is 583 g/mol. The molecule has 1 atom stereocenters. The Morgan fingerprint density at radius 3 is 2.36 bits per heavy atom. The van der Waals surface area contributed by atoms with Gasteiger partial charge in [0.25, 0.3) is 11.8 Å². The first-order valence-electron chi connectivity index (χ1n) is 12.4. The molecule has 1 unspecified atom stereocenters. The summed E-state index contributed by atoms with van der Waals surface area (Å²) in [5.41, 5.74) is -0.820. The molecule has 1 aromatic heterocycles. The smallest absolute Gasteiger partial charge is 0.342 e. The van der Waals surface area contributed by atoms with Crippen molar-refractivity contribution in [3.05, 3.63) is 117 Å². The third-order valence-corrected chi connectivity index (χ3v) is 6.99. The molecule has 0 aliphatic carbocycles. The van der Waals surface area contributed by atoms with Gasteiger partial charge in [0.05, 0.1) is 23.0 Å². The fraction of sp³-hybridized carbons (Fsp3) is 0.138. The number of amides is 3. The number of rotatable bonds is 5. The van der Waals surface area contributed by atoms with Crippen LogP contribution in [0.25, 0.3) is 0 Å². The average molecular weight is 603 g/mol. The fourth-order valence-electron chi connectivity index (χ4n) is 4.69. The number of fused-ring (bicyclic) bond motifs is 1. The lowest BCUT2D eigenvalue weighted by molar-refractivity contribution is -0.137. The first kappa shape index (κ1) is 28.8.